The minimum atomic E-state index is -1.10. The van der Waals surface area contributed by atoms with Crippen molar-refractivity contribution in [1.82, 2.24) is 19.7 Å². The molecule has 0 aliphatic carbocycles. The average molecular weight is 248 g/mol. The zero-order valence-corrected chi connectivity index (χ0v) is 9.97. The standard InChI is InChI=1S/C11H12N4O3/c1-3-7-5-15(14-9(7)10(17)18)11-12-6(2)4-8(16)13-11/h4-5H,3H2,1-2H3,(H,17,18)(H,12,13,16). The van der Waals surface area contributed by atoms with E-state index < -0.39 is 5.97 Å². The summed E-state index contributed by atoms with van der Waals surface area (Å²) in [4.78, 5) is 28.9. The first-order valence-corrected chi connectivity index (χ1v) is 5.41. The smallest absolute Gasteiger partial charge is 0.356 e. The summed E-state index contributed by atoms with van der Waals surface area (Å²) < 4.78 is 1.27. The van der Waals surface area contributed by atoms with Crippen LogP contribution in [0.4, 0.5) is 0 Å². The summed E-state index contributed by atoms with van der Waals surface area (Å²) in [6.07, 6.45) is 2.10. The van der Waals surface area contributed by atoms with Crippen molar-refractivity contribution >= 4 is 5.97 Å². The molecule has 0 aliphatic rings. The maximum Gasteiger partial charge on any atom is 0.356 e. The van der Waals surface area contributed by atoms with Gasteiger partial charge in [0, 0.05) is 23.5 Å². The van der Waals surface area contributed by atoms with Gasteiger partial charge in [-0.25, -0.2) is 14.5 Å². The average Bonchev–Trinajstić information content (AvgIpc) is 2.71. The zero-order valence-electron chi connectivity index (χ0n) is 9.97. The lowest BCUT2D eigenvalue weighted by Gasteiger charge is -2.00. The van der Waals surface area contributed by atoms with Gasteiger partial charge in [0.1, 0.15) is 0 Å². The number of nitrogens with one attached hydrogen (secondary N) is 1. The topological polar surface area (TPSA) is 101 Å². The molecule has 0 saturated carbocycles. The molecule has 7 nitrogen and oxygen atoms in total. The molecule has 0 aliphatic heterocycles. The van der Waals surface area contributed by atoms with Gasteiger partial charge in [0.25, 0.3) is 5.56 Å². The monoisotopic (exact) mass is 248 g/mol. The van der Waals surface area contributed by atoms with Crippen LogP contribution >= 0.6 is 0 Å². The molecule has 0 unspecified atom stereocenters. The summed E-state index contributed by atoms with van der Waals surface area (Å²) in [5, 5.41) is 12.9. The van der Waals surface area contributed by atoms with Crippen LogP contribution in [0, 0.1) is 6.92 Å². The molecule has 0 saturated heterocycles. The number of carboxylic acid groups (broad SMARTS) is 1. The number of hydrogen-bond acceptors (Lipinski definition) is 4. The normalized spacial score (nSPS) is 10.6. The van der Waals surface area contributed by atoms with Gasteiger partial charge in [-0.2, -0.15) is 5.10 Å². The van der Waals surface area contributed by atoms with Gasteiger partial charge < -0.3 is 5.11 Å². The van der Waals surface area contributed by atoms with Crippen LogP contribution in [-0.4, -0.2) is 30.8 Å². The van der Waals surface area contributed by atoms with Gasteiger partial charge >= 0.3 is 5.97 Å². The van der Waals surface area contributed by atoms with Gasteiger partial charge in [0.05, 0.1) is 0 Å². The van der Waals surface area contributed by atoms with Gasteiger partial charge in [-0.05, 0) is 13.3 Å². The quantitative estimate of drug-likeness (QED) is 0.824. The van der Waals surface area contributed by atoms with E-state index in [1.165, 1.54) is 10.7 Å². The second-order valence-electron chi connectivity index (χ2n) is 3.82. The fraction of sp³-hybridized carbons (Fsp3) is 0.273. The van der Waals surface area contributed by atoms with Crippen molar-refractivity contribution in [1.29, 1.82) is 0 Å². The van der Waals surface area contributed by atoms with Gasteiger partial charge in [0.15, 0.2) is 5.69 Å². The van der Waals surface area contributed by atoms with E-state index in [0.717, 1.165) is 0 Å². The Morgan fingerprint density at radius 2 is 2.28 bits per heavy atom. The molecular weight excluding hydrogens is 236 g/mol. The predicted octanol–water partition coefficient (Wildman–Crippen LogP) is 0.525. The van der Waals surface area contributed by atoms with Crippen LogP contribution in [0.3, 0.4) is 0 Å². The van der Waals surface area contributed by atoms with E-state index in [1.807, 2.05) is 6.92 Å². The molecule has 2 heterocycles. The zero-order chi connectivity index (χ0) is 13.3. The summed E-state index contributed by atoms with van der Waals surface area (Å²) >= 11 is 0. The maximum absolute atomic E-state index is 11.3. The number of nitrogens with zero attached hydrogens (tertiary/aromatic N) is 3. The second-order valence-corrected chi connectivity index (χ2v) is 3.82. The van der Waals surface area contributed by atoms with Crippen molar-refractivity contribution in [2.75, 3.05) is 0 Å². The minimum Gasteiger partial charge on any atom is -0.476 e. The Hall–Kier alpha value is -2.44. The van der Waals surface area contributed by atoms with E-state index >= 15 is 0 Å². The molecule has 0 fully saturated rings. The first-order chi connectivity index (χ1) is 8.51. The molecule has 2 aromatic heterocycles. The van der Waals surface area contributed by atoms with E-state index in [0.29, 0.717) is 17.7 Å². The number of aromatic carboxylic acids is 1. The number of H-pyrrole nitrogens is 1. The first-order valence-electron chi connectivity index (χ1n) is 5.41. The van der Waals surface area contributed by atoms with E-state index in [9.17, 15) is 9.59 Å². The fourth-order valence-electron chi connectivity index (χ4n) is 1.63. The van der Waals surface area contributed by atoms with Crippen molar-refractivity contribution < 1.29 is 9.90 Å². The highest BCUT2D eigenvalue weighted by Crippen LogP contribution is 2.10. The van der Waals surface area contributed by atoms with Gasteiger partial charge in [-0.3, -0.25) is 9.78 Å². The lowest BCUT2D eigenvalue weighted by molar-refractivity contribution is 0.0689. The van der Waals surface area contributed by atoms with Crippen molar-refractivity contribution in [3.05, 3.63) is 39.6 Å². The van der Waals surface area contributed by atoms with Gasteiger partial charge in [0.2, 0.25) is 5.95 Å². The molecule has 7 heteroatoms. The van der Waals surface area contributed by atoms with Crippen LogP contribution in [0.5, 0.6) is 0 Å². The van der Waals surface area contributed by atoms with Crippen molar-refractivity contribution in [2.24, 2.45) is 0 Å². The molecular formula is C11H12N4O3. The molecule has 94 valence electrons. The van der Waals surface area contributed by atoms with Crippen LogP contribution in [0.25, 0.3) is 5.95 Å². The Labute approximate surface area is 102 Å². The number of hydrogen-bond donors (Lipinski definition) is 2. The molecule has 2 rings (SSSR count). The Balaban J connectivity index is 2.57. The summed E-state index contributed by atoms with van der Waals surface area (Å²) in [6, 6.07) is 1.35. The van der Waals surface area contributed by atoms with Crippen LogP contribution in [0.15, 0.2) is 17.1 Å². The van der Waals surface area contributed by atoms with Gasteiger partial charge in [-0.1, -0.05) is 6.92 Å². The Kier molecular flexibility index (Phi) is 2.97. The molecule has 0 radical (unpaired) electrons. The molecule has 18 heavy (non-hydrogen) atoms. The van der Waals surface area contributed by atoms with Crippen LogP contribution in [0.2, 0.25) is 0 Å². The number of rotatable bonds is 3. The Morgan fingerprint density at radius 1 is 1.56 bits per heavy atom. The third kappa shape index (κ3) is 2.15. The molecule has 0 amide bonds. The van der Waals surface area contributed by atoms with Crippen molar-refractivity contribution in [3.8, 4) is 5.95 Å². The molecule has 2 aromatic rings. The molecule has 0 bridgehead atoms. The Bertz CT molecular complexity index is 657. The fourth-order valence-corrected chi connectivity index (χ4v) is 1.63. The van der Waals surface area contributed by atoms with E-state index in [4.69, 9.17) is 5.11 Å². The molecule has 0 aromatic carbocycles. The van der Waals surface area contributed by atoms with E-state index in [2.05, 4.69) is 15.1 Å². The largest absolute Gasteiger partial charge is 0.476 e. The SMILES string of the molecule is CCc1cn(-c2nc(C)cc(=O)[nH]2)nc1C(=O)O. The lowest BCUT2D eigenvalue weighted by Crippen LogP contribution is -2.13. The molecule has 0 spiro atoms. The lowest BCUT2D eigenvalue weighted by atomic mass is 10.2. The summed E-state index contributed by atoms with van der Waals surface area (Å²) in [5.41, 5.74) is 0.801. The van der Waals surface area contributed by atoms with E-state index in [-0.39, 0.29) is 17.2 Å². The highest BCUT2D eigenvalue weighted by molar-refractivity contribution is 5.87. The van der Waals surface area contributed by atoms with Crippen molar-refractivity contribution in [3.63, 3.8) is 0 Å². The third-order valence-corrected chi connectivity index (χ3v) is 2.45. The highest BCUT2D eigenvalue weighted by atomic mass is 16.4. The number of aromatic nitrogens is 4. The number of aromatic amines is 1. The van der Waals surface area contributed by atoms with Crippen molar-refractivity contribution in [2.45, 2.75) is 20.3 Å². The Morgan fingerprint density at radius 3 is 2.78 bits per heavy atom. The van der Waals surface area contributed by atoms with E-state index in [1.54, 1.807) is 13.1 Å². The predicted molar refractivity (Wildman–Crippen MR) is 63.1 cm³/mol. The van der Waals surface area contributed by atoms with Crippen LogP contribution < -0.4 is 5.56 Å². The first kappa shape index (κ1) is 12.0. The minimum absolute atomic E-state index is 0.0262. The summed E-state index contributed by atoms with van der Waals surface area (Å²) in [6.45, 7) is 3.52. The van der Waals surface area contributed by atoms with Crippen LogP contribution in [-0.2, 0) is 6.42 Å². The number of aryl methyl sites for hydroxylation is 2. The second kappa shape index (κ2) is 4.44. The summed E-state index contributed by atoms with van der Waals surface area (Å²) in [5.74, 6) is -0.886. The maximum atomic E-state index is 11.3. The highest BCUT2D eigenvalue weighted by Gasteiger charge is 2.15. The molecule has 2 N–H and O–H groups in total. The van der Waals surface area contributed by atoms with Crippen LogP contribution in [0.1, 0.15) is 28.7 Å². The summed E-state index contributed by atoms with van der Waals surface area (Å²) in [7, 11) is 0. The molecule has 0 atom stereocenters. The number of carbonyl (C=O) groups is 1. The van der Waals surface area contributed by atoms with Gasteiger partial charge in [-0.15, -0.1) is 0 Å². The third-order valence-electron chi connectivity index (χ3n) is 2.45. The number of carboxylic acids is 1.